The molecule has 0 saturated heterocycles. The highest BCUT2D eigenvalue weighted by Crippen LogP contribution is 2.30. The van der Waals surface area contributed by atoms with Crippen LogP contribution in [0.5, 0.6) is 0 Å². The summed E-state index contributed by atoms with van der Waals surface area (Å²) in [5, 5.41) is 46.3. The molecule has 0 aliphatic carbocycles. The first-order valence-corrected chi connectivity index (χ1v) is 4.88. The van der Waals surface area contributed by atoms with Gasteiger partial charge in [-0.1, -0.05) is 0 Å². The Balaban J connectivity index is 4.13. The lowest BCUT2D eigenvalue weighted by molar-refractivity contribution is -0.385. The summed E-state index contributed by atoms with van der Waals surface area (Å²) in [4.78, 5) is 53.4. The number of hydrogen-bond donors (Lipinski definition) is 4. The van der Waals surface area contributed by atoms with E-state index in [1.54, 1.807) is 0 Å². The molecule has 4 N–H and O–H groups in total. The fraction of sp³-hybridized carbons (Fsp3) is 0. The third kappa shape index (κ3) is 2.60. The average molecular weight is 299 g/mol. The summed E-state index contributed by atoms with van der Waals surface area (Å²) in [7, 11) is 0. The highest BCUT2D eigenvalue weighted by Gasteiger charge is 2.37. The van der Waals surface area contributed by atoms with Crippen LogP contribution in [0.15, 0.2) is 6.07 Å². The van der Waals surface area contributed by atoms with Crippen LogP contribution in [0, 0.1) is 10.1 Å². The summed E-state index contributed by atoms with van der Waals surface area (Å²) in [6, 6.07) is 0.235. The van der Waals surface area contributed by atoms with Crippen LogP contribution in [-0.4, -0.2) is 49.2 Å². The number of nitro groups is 1. The van der Waals surface area contributed by atoms with Gasteiger partial charge in [-0.05, 0) is 6.07 Å². The van der Waals surface area contributed by atoms with Gasteiger partial charge in [-0.2, -0.15) is 0 Å². The summed E-state index contributed by atoms with van der Waals surface area (Å²) in [6.45, 7) is 0. The van der Waals surface area contributed by atoms with Gasteiger partial charge in [0.1, 0.15) is 5.56 Å². The molecule has 0 atom stereocenters. The Bertz CT molecular complexity index is 654. The summed E-state index contributed by atoms with van der Waals surface area (Å²) >= 11 is 0. The lowest BCUT2D eigenvalue weighted by atomic mass is 9.95. The van der Waals surface area contributed by atoms with Crippen LogP contribution in [0.1, 0.15) is 41.4 Å². The Morgan fingerprint density at radius 3 is 1.52 bits per heavy atom. The Hall–Kier alpha value is -3.50. The van der Waals surface area contributed by atoms with Crippen molar-refractivity contribution in [2.75, 3.05) is 0 Å². The van der Waals surface area contributed by atoms with Gasteiger partial charge < -0.3 is 20.4 Å². The molecule has 0 aliphatic heterocycles. The first-order valence-electron chi connectivity index (χ1n) is 4.88. The normalized spacial score (nSPS) is 9.90. The predicted octanol–water partition coefficient (Wildman–Crippen LogP) is 0.388. The van der Waals surface area contributed by atoms with Gasteiger partial charge in [-0.25, -0.2) is 19.2 Å². The molecular formula is C10H5NO10. The van der Waals surface area contributed by atoms with Crippen molar-refractivity contribution in [1.29, 1.82) is 0 Å². The van der Waals surface area contributed by atoms with E-state index in [9.17, 15) is 29.3 Å². The molecule has 1 rings (SSSR count). The second kappa shape index (κ2) is 5.24. The van der Waals surface area contributed by atoms with E-state index < -0.39 is 56.7 Å². The highest BCUT2D eigenvalue weighted by molar-refractivity contribution is 6.14. The molecule has 11 heteroatoms. The van der Waals surface area contributed by atoms with Crippen molar-refractivity contribution < 1.29 is 44.5 Å². The van der Waals surface area contributed by atoms with Crippen molar-refractivity contribution in [2.45, 2.75) is 0 Å². The van der Waals surface area contributed by atoms with Gasteiger partial charge in [0.05, 0.1) is 16.1 Å². The monoisotopic (exact) mass is 299 g/mol. The SMILES string of the molecule is O=C(O)c1cc(C(=O)O)c([N+](=O)[O-])c(C(=O)O)c1C(=O)O. The summed E-state index contributed by atoms with van der Waals surface area (Å²) in [6.07, 6.45) is 0. The topological polar surface area (TPSA) is 192 Å². The third-order valence-corrected chi connectivity index (χ3v) is 2.37. The van der Waals surface area contributed by atoms with E-state index in [2.05, 4.69) is 0 Å². The number of nitrogens with zero attached hydrogens (tertiary/aromatic N) is 1. The molecule has 0 heterocycles. The molecule has 0 radical (unpaired) electrons. The maximum absolute atomic E-state index is 11.0. The summed E-state index contributed by atoms with van der Waals surface area (Å²) in [5.41, 5.74) is -6.79. The van der Waals surface area contributed by atoms with Crippen LogP contribution in [-0.2, 0) is 0 Å². The van der Waals surface area contributed by atoms with Gasteiger partial charge in [-0.3, -0.25) is 10.1 Å². The number of aromatic carboxylic acids is 4. The summed E-state index contributed by atoms with van der Waals surface area (Å²) < 4.78 is 0. The van der Waals surface area contributed by atoms with Gasteiger partial charge in [0, 0.05) is 0 Å². The third-order valence-electron chi connectivity index (χ3n) is 2.37. The number of rotatable bonds is 5. The van der Waals surface area contributed by atoms with E-state index in [0.717, 1.165) is 0 Å². The van der Waals surface area contributed by atoms with E-state index in [0.29, 0.717) is 0 Å². The molecule has 1 aromatic carbocycles. The first-order chi connectivity index (χ1) is 9.59. The van der Waals surface area contributed by atoms with Gasteiger partial charge in [0.2, 0.25) is 0 Å². The number of carboxylic acid groups (broad SMARTS) is 4. The predicted molar refractivity (Wildman–Crippen MR) is 60.9 cm³/mol. The van der Waals surface area contributed by atoms with Crippen LogP contribution in [0.2, 0.25) is 0 Å². The maximum atomic E-state index is 11.0. The Morgan fingerprint density at radius 1 is 0.810 bits per heavy atom. The van der Waals surface area contributed by atoms with Crippen LogP contribution in [0.4, 0.5) is 5.69 Å². The van der Waals surface area contributed by atoms with E-state index in [-0.39, 0.29) is 6.07 Å². The standard InChI is InChI=1S/C10H5NO10/c12-7(13)2-1-3(8(14)15)6(11(20)21)5(10(18)19)4(2)9(16)17/h1H,(H,12,13)(H,14,15)(H,16,17)(H,18,19). The molecular weight excluding hydrogens is 294 g/mol. The van der Waals surface area contributed by atoms with E-state index >= 15 is 0 Å². The lowest BCUT2D eigenvalue weighted by Crippen LogP contribution is -2.20. The lowest BCUT2D eigenvalue weighted by Gasteiger charge is -2.09. The minimum absolute atomic E-state index is 0.235. The molecule has 0 bridgehead atoms. The second-order valence-corrected chi connectivity index (χ2v) is 3.55. The number of benzene rings is 1. The van der Waals surface area contributed by atoms with E-state index in [1.165, 1.54) is 0 Å². The average Bonchev–Trinajstić information content (AvgIpc) is 2.34. The van der Waals surface area contributed by atoms with Gasteiger partial charge in [0.15, 0.2) is 5.56 Å². The Labute approximate surface area is 113 Å². The molecule has 0 amide bonds. The minimum Gasteiger partial charge on any atom is -0.478 e. The maximum Gasteiger partial charge on any atom is 0.343 e. The zero-order chi connectivity index (χ0) is 16.5. The van der Waals surface area contributed by atoms with Crippen LogP contribution in [0.3, 0.4) is 0 Å². The molecule has 110 valence electrons. The quantitative estimate of drug-likeness (QED) is 0.436. The number of hydrogen-bond acceptors (Lipinski definition) is 6. The molecule has 0 unspecified atom stereocenters. The van der Waals surface area contributed by atoms with Crippen molar-refractivity contribution in [3.05, 3.63) is 38.4 Å². The fourth-order valence-corrected chi connectivity index (χ4v) is 1.62. The Morgan fingerprint density at radius 2 is 1.24 bits per heavy atom. The number of nitro benzene ring substituents is 1. The van der Waals surface area contributed by atoms with Gasteiger partial charge in [0.25, 0.3) is 5.69 Å². The highest BCUT2D eigenvalue weighted by atomic mass is 16.6. The van der Waals surface area contributed by atoms with Crippen LogP contribution >= 0.6 is 0 Å². The van der Waals surface area contributed by atoms with Crippen molar-refractivity contribution in [1.82, 2.24) is 0 Å². The molecule has 1 aromatic rings. The molecule has 0 aliphatic rings. The summed E-state index contributed by atoms with van der Waals surface area (Å²) in [5.74, 6) is -8.09. The molecule has 11 nitrogen and oxygen atoms in total. The number of carboxylic acids is 4. The molecule has 0 saturated carbocycles. The van der Waals surface area contributed by atoms with Crippen LogP contribution < -0.4 is 0 Å². The van der Waals surface area contributed by atoms with Crippen molar-refractivity contribution in [2.24, 2.45) is 0 Å². The number of carbonyl (C=O) groups is 4. The molecule has 21 heavy (non-hydrogen) atoms. The van der Waals surface area contributed by atoms with Crippen molar-refractivity contribution in [3.8, 4) is 0 Å². The largest absolute Gasteiger partial charge is 0.478 e. The second-order valence-electron chi connectivity index (χ2n) is 3.55. The molecule has 0 fully saturated rings. The Kier molecular flexibility index (Phi) is 3.88. The fourth-order valence-electron chi connectivity index (χ4n) is 1.62. The zero-order valence-corrected chi connectivity index (χ0v) is 9.76. The van der Waals surface area contributed by atoms with Crippen LogP contribution in [0.25, 0.3) is 0 Å². The van der Waals surface area contributed by atoms with E-state index in [1.807, 2.05) is 0 Å². The molecule has 0 spiro atoms. The van der Waals surface area contributed by atoms with Gasteiger partial charge >= 0.3 is 23.9 Å². The van der Waals surface area contributed by atoms with Gasteiger partial charge in [-0.15, -0.1) is 0 Å². The van der Waals surface area contributed by atoms with Crippen molar-refractivity contribution in [3.63, 3.8) is 0 Å². The van der Waals surface area contributed by atoms with Crippen molar-refractivity contribution >= 4 is 29.6 Å². The van der Waals surface area contributed by atoms with E-state index in [4.69, 9.17) is 20.4 Å². The smallest absolute Gasteiger partial charge is 0.343 e. The molecule has 0 aromatic heterocycles. The minimum atomic E-state index is -2.13. The first kappa shape index (κ1) is 15.6. The zero-order valence-electron chi connectivity index (χ0n) is 9.76.